The summed E-state index contributed by atoms with van der Waals surface area (Å²) in [6, 6.07) is 9.97. The van der Waals surface area contributed by atoms with Crippen LogP contribution in [0.1, 0.15) is 17.2 Å². The minimum Gasteiger partial charge on any atom is -0.324 e. The van der Waals surface area contributed by atoms with Gasteiger partial charge in [-0.15, -0.1) is 0 Å². The minimum absolute atomic E-state index is 0.242. The van der Waals surface area contributed by atoms with Crippen LogP contribution >= 0.6 is 43.5 Å². The number of nitrogens with two attached hydrogens (primary N) is 1. The van der Waals surface area contributed by atoms with Gasteiger partial charge in [-0.3, -0.25) is 0 Å². The number of benzene rings is 2. The maximum Gasteiger partial charge on any atom is 0.124 e. The van der Waals surface area contributed by atoms with Gasteiger partial charge in [-0.25, -0.2) is 4.39 Å². The molecule has 0 bridgehead atoms. The highest BCUT2D eigenvalue weighted by Crippen LogP contribution is 2.28. The largest absolute Gasteiger partial charge is 0.324 e. The van der Waals surface area contributed by atoms with Crippen LogP contribution in [-0.2, 0) is 6.42 Å². The number of rotatable bonds is 3. The molecule has 2 rings (SSSR count). The third-order valence-corrected chi connectivity index (χ3v) is 4.35. The Labute approximate surface area is 133 Å². The van der Waals surface area contributed by atoms with E-state index >= 15 is 0 Å². The highest BCUT2D eigenvalue weighted by Gasteiger charge is 2.13. The summed E-state index contributed by atoms with van der Waals surface area (Å²) >= 11 is 12.9. The average molecular weight is 408 g/mol. The third-order valence-electron chi connectivity index (χ3n) is 2.82. The van der Waals surface area contributed by atoms with Crippen molar-refractivity contribution in [1.82, 2.24) is 0 Å². The first kappa shape index (κ1) is 15.0. The molecular formula is C14H11Br2ClFN. The zero-order chi connectivity index (χ0) is 14.0. The zero-order valence-electron chi connectivity index (χ0n) is 9.84. The Balaban J connectivity index is 2.23. The van der Waals surface area contributed by atoms with Gasteiger partial charge in [0, 0.05) is 20.0 Å². The molecule has 0 heterocycles. The molecule has 19 heavy (non-hydrogen) atoms. The van der Waals surface area contributed by atoms with Crippen molar-refractivity contribution in [1.29, 1.82) is 0 Å². The summed E-state index contributed by atoms with van der Waals surface area (Å²) < 4.78 is 14.7. The summed E-state index contributed by atoms with van der Waals surface area (Å²) in [5.74, 6) is -0.288. The highest BCUT2D eigenvalue weighted by molar-refractivity contribution is 9.10. The van der Waals surface area contributed by atoms with Gasteiger partial charge in [0.25, 0.3) is 0 Å². The molecule has 0 aliphatic carbocycles. The monoisotopic (exact) mass is 405 g/mol. The maximum absolute atomic E-state index is 13.0. The minimum atomic E-state index is -0.288. The third kappa shape index (κ3) is 3.78. The molecule has 0 aliphatic rings. The number of hydrogen-bond donors (Lipinski definition) is 1. The first-order chi connectivity index (χ1) is 8.97. The number of hydrogen-bond acceptors (Lipinski definition) is 1. The Bertz CT molecular complexity index is 604. The summed E-state index contributed by atoms with van der Waals surface area (Å²) in [5, 5.41) is 0.669. The van der Waals surface area contributed by atoms with Crippen molar-refractivity contribution < 1.29 is 4.39 Å². The van der Waals surface area contributed by atoms with Crippen LogP contribution in [0.15, 0.2) is 45.3 Å². The molecule has 1 atom stereocenters. The van der Waals surface area contributed by atoms with Crippen LogP contribution in [-0.4, -0.2) is 0 Å². The van der Waals surface area contributed by atoms with Crippen molar-refractivity contribution in [3.63, 3.8) is 0 Å². The van der Waals surface area contributed by atoms with Crippen molar-refractivity contribution in [3.8, 4) is 0 Å². The van der Waals surface area contributed by atoms with Gasteiger partial charge in [0.2, 0.25) is 0 Å². The van der Waals surface area contributed by atoms with Gasteiger partial charge in [0.1, 0.15) is 5.82 Å². The van der Waals surface area contributed by atoms with Crippen molar-refractivity contribution >= 4 is 43.5 Å². The Morgan fingerprint density at radius 2 is 1.89 bits per heavy atom. The SMILES string of the molecule is NC(Cc1ccc(Br)cc1Cl)c1ccc(F)cc1Br. The van der Waals surface area contributed by atoms with Crippen LogP contribution in [0.2, 0.25) is 5.02 Å². The Hall–Kier alpha value is -0.420. The van der Waals surface area contributed by atoms with E-state index in [0.717, 1.165) is 15.6 Å². The maximum atomic E-state index is 13.0. The van der Waals surface area contributed by atoms with Crippen molar-refractivity contribution in [2.75, 3.05) is 0 Å². The first-order valence-corrected chi connectivity index (χ1v) is 7.58. The molecule has 5 heteroatoms. The van der Waals surface area contributed by atoms with E-state index < -0.39 is 0 Å². The van der Waals surface area contributed by atoms with E-state index in [1.54, 1.807) is 6.07 Å². The zero-order valence-corrected chi connectivity index (χ0v) is 13.8. The molecule has 0 fully saturated rings. The molecule has 100 valence electrons. The van der Waals surface area contributed by atoms with E-state index in [2.05, 4.69) is 31.9 Å². The van der Waals surface area contributed by atoms with E-state index in [4.69, 9.17) is 17.3 Å². The lowest BCUT2D eigenvalue weighted by Crippen LogP contribution is -2.14. The standard InChI is InChI=1S/C14H11Br2ClFN/c15-9-2-1-8(13(17)6-9)5-14(19)11-4-3-10(18)7-12(11)16/h1-4,6-7,14H,5,19H2. The van der Waals surface area contributed by atoms with Gasteiger partial charge in [-0.1, -0.05) is 55.6 Å². The van der Waals surface area contributed by atoms with Crippen LogP contribution in [0, 0.1) is 5.82 Å². The molecule has 0 amide bonds. The molecule has 1 nitrogen and oxygen atoms in total. The highest BCUT2D eigenvalue weighted by atomic mass is 79.9. The molecule has 1 unspecified atom stereocenters. The quantitative estimate of drug-likeness (QED) is 0.739. The van der Waals surface area contributed by atoms with Crippen LogP contribution in [0.5, 0.6) is 0 Å². The van der Waals surface area contributed by atoms with Gasteiger partial charge in [-0.05, 0) is 41.8 Å². The Morgan fingerprint density at radius 3 is 2.53 bits per heavy atom. The van der Waals surface area contributed by atoms with E-state index in [9.17, 15) is 4.39 Å². The van der Waals surface area contributed by atoms with Crippen molar-refractivity contribution in [2.45, 2.75) is 12.5 Å². The van der Waals surface area contributed by atoms with Gasteiger partial charge >= 0.3 is 0 Å². The molecule has 2 N–H and O–H groups in total. The molecule has 0 aromatic heterocycles. The lowest BCUT2D eigenvalue weighted by atomic mass is 10.00. The van der Waals surface area contributed by atoms with E-state index in [-0.39, 0.29) is 11.9 Å². The second kappa shape index (κ2) is 6.35. The molecule has 0 saturated carbocycles. The van der Waals surface area contributed by atoms with Crippen molar-refractivity contribution in [3.05, 3.63) is 67.3 Å². The molecule has 0 saturated heterocycles. The topological polar surface area (TPSA) is 26.0 Å². The van der Waals surface area contributed by atoms with Gasteiger partial charge in [-0.2, -0.15) is 0 Å². The normalized spacial score (nSPS) is 12.5. The molecule has 2 aromatic carbocycles. The predicted octanol–water partition coefficient (Wildman–Crippen LogP) is 5.25. The summed E-state index contributed by atoms with van der Waals surface area (Å²) in [7, 11) is 0. The van der Waals surface area contributed by atoms with Crippen LogP contribution < -0.4 is 5.73 Å². The molecule has 2 aromatic rings. The average Bonchev–Trinajstić information content (AvgIpc) is 2.32. The molecule has 0 radical (unpaired) electrons. The first-order valence-electron chi connectivity index (χ1n) is 5.62. The summed E-state index contributed by atoms with van der Waals surface area (Å²) in [4.78, 5) is 0. The Kier molecular flexibility index (Phi) is 5.01. The predicted molar refractivity (Wildman–Crippen MR) is 83.9 cm³/mol. The Morgan fingerprint density at radius 1 is 1.16 bits per heavy atom. The molecular weight excluding hydrogens is 396 g/mol. The van der Waals surface area contributed by atoms with E-state index in [0.29, 0.717) is 15.9 Å². The molecule has 0 spiro atoms. The van der Waals surface area contributed by atoms with Crippen LogP contribution in [0.4, 0.5) is 4.39 Å². The van der Waals surface area contributed by atoms with E-state index in [1.807, 2.05) is 18.2 Å². The number of halogens is 4. The molecule has 0 aliphatic heterocycles. The fourth-order valence-electron chi connectivity index (χ4n) is 1.84. The van der Waals surface area contributed by atoms with Gasteiger partial charge < -0.3 is 5.73 Å². The fourth-order valence-corrected chi connectivity index (χ4v) is 3.23. The summed E-state index contributed by atoms with van der Waals surface area (Å²) in [6.45, 7) is 0. The van der Waals surface area contributed by atoms with Gasteiger partial charge in [0.15, 0.2) is 0 Å². The fraction of sp³-hybridized carbons (Fsp3) is 0.143. The van der Waals surface area contributed by atoms with Crippen molar-refractivity contribution in [2.24, 2.45) is 5.73 Å². The van der Waals surface area contributed by atoms with Gasteiger partial charge in [0.05, 0.1) is 0 Å². The van der Waals surface area contributed by atoms with E-state index in [1.165, 1.54) is 12.1 Å². The smallest absolute Gasteiger partial charge is 0.124 e. The summed E-state index contributed by atoms with van der Waals surface area (Å²) in [5.41, 5.74) is 7.99. The van der Waals surface area contributed by atoms with Crippen LogP contribution in [0.3, 0.4) is 0 Å². The lowest BCUT2D eigenvalue weighted by Gasteiger charge is -2.15. The lowest BCUT2D eigenvalue weighted by molar-refractivity contribution is 0.623. The van der Waals surface area contributed by atoms with Crippen LogP contribution in [0.25, 0.3) is 0 Å². The second-order valence-corrected chi connectivity index (χ2v) is 6.39. The second-order valence-electron chi connectivity index (χ2n) is 4.21. The summed E-state index contributed by atoms with van der Waals surface area (Å²) in [6.07, 6.45) is 0.594.